The number of nitrogens with one attached hydrogen (secondary N) is 2. The van der Waals surface area contributed by atoms with Gasteiger partial charge in [0.15, 0.2) is 0 Å². The number of amides is 3. The molecular formula is C28H31BrClN3O5. The minimum atomic E-state index is -1.13. The molecule has 8 nitrogen and oxygen atoms in total. The molecular weight excluding hydrogens is 574 g/mol. The van der Waals surface area contributed by atoms with E-state index in [0.717, 1.165) is 12.8 Å². The molecule has 0 saturated carbocycles. The Balaban J connectivity index is 1.45. The molecule has 3 saturated heterocycles. The zero-order valence-electron chi connectivity index (χ0n) is 20.8. The van der Waals surface area contributed by atoms with Crippen LogP contribution in [0, 0.1) is 11.8 Å². The van der Waals surface area contributed by atoms with Crippen molar-refractivity contribution >= 4 is 56.6 Å². The average molecular weight is 605 g/mol. The van der Waals surface area contributed by atoms with Crippen LogP contribution in [0.1, 0.15) is 32.1 Å². The number of hydrogen-bond acceptors (Lipinski definition) is 5. The molecule has 3 unspecified atom stereocenters. The summed E-state index contributed by atoms with van der Waals surface area (Å²) in [5.74, 6) is -2.42. The highest BCUT2D eigenvalue weighted by Crippen LogP contribution is 2.60. The standard InChI is InChI=1S/C28H31BrClN3O5/c29-18-16-28-22(21(23(18)38-28)25(35)31-17-10-4-3-5-11-17)27(37)33(14-8-1-2-9-15-34)24(28)26(36)32-20-13-7-6-12-19(20)30/h3-7,10-13,18,21-24,34H,1-2,8-9,14-16H2,(H,31,35)(H,32,36)/t18?,21-,22-,23-,24?,28?/m0/s1. The molecule has 0 radical (unpaired) electrons. The Labute approximate surface area is 235 Å². The summed E-state index contributed by atoms with van der Waals surface area (Å²) in [7, 11) is 0. The molecule has 0 aromatic heterocycles. The van der Waals surface area contributed by atoms with Gasteiger partial charge in [0.25, 0.3) is 0 Å². The first-order valence-corrected chi connectivity index (χ1v) is 14.3. The maximum Gasteiger partial charge on any atom is 0.250 e. The van der Waals surface area contributed by atoms with Crippen molar-refractivity contribution in [2.24, 2.45) is 11.8 Å². The van der Waals surface area contributed by atoms with Gasteiger partial charge >= 0.3 is 0 Å². The molecule has 3 aliphatic heterocycles. The highest BCUT2D eigenvalue weighted by atomic mass is 79.9. The van der Waals surface area contributed by atoms with Crippen LogP contribution in [0.5, 0.6) is 0 Å². The van der Waals surface area contributed by atoms with Crippen LogP contribution in [0.2, 0.25) is 5.02 Å². The molecule has 2 bridgehead atoms. The third-order valence-electron chi connectivity index (χ3n) is 7.82. The van der Waals surface area contributed by atoms with Crippen molar-refractivity contribution in [3.8, 4) is 0 Å². The van der Waals surface area contributed by atoms with Crippen LogP contribution in [-0.4, -0.2) is 63.5 Å². The van der Waals surface area contributed by atoms with E-state index in [1.54, 1.807) is 41.3 Å². The zero-order valence-corrected chi connectivity index (χ0v) is 23.2. The van der Waals surface area contributed by atoms with Crippen LogP contribution in [0.25, 0.3) is 0 Å². The van der Waals surface area contributed by atoms with Crippen molar-refractivity contribution in [2.75, 3.05) is 23.8 Å². The summed E-state index contributed by atoms with van der Waals surface area (Å²) in [5, 5.41) is 15.3. The van der Waals surface area contributed by atoms with Gasteiger partial charge in [0.1, 0.15) is 11.6 Å². The van der Waals surface area contributed by atoms with Crippen molar-refractivity contribution in [3.63, 3.8) is 0 Å². The van der Waals surface area contributed by atoms with Crippen molar-refractivity contribution in [1.82, 2.24) is 4.90 Å². The van der Waals surface area contributed by atoms with Gasteiger partial charge in [-0.3, -0.25) is 14.4 Å². The number of carbonyl (C=O) groups is 3. The van der Waals surface area contributed by atoms with Crippen LogP contribution in [0.15, 0.2) is 54.6 Å². The van der Waals surface area contributed by atoms with Crippen molar-refractivity contribution in [3.05, 3.63) is 59.6 Å². The molecule has 3 N–H and O–H groups in total. The number of anilines is 2. The summed E-state index contributed by atoms with van der Waals surface area (Å²) >= 11 is 10.0. The third-order valence-corrected chi connectivity index (χ3v) is 8.99. The van der Waals surface area contributed by atoms with Gasteiger partial charge in [0.05, 0.1) is 28.6 Å². The number of unbranched alkanes of at least 4 members (excludes halogenated alkanes) is 3. The summed E-state index contributed by atoms with van der Waals surface area (Å²) in [5.41, 5.74) is -0.0410. The van der Waals surface area contributed by atoms with Crippen LogP contribution in [0.4, 0.5) is 11.4 Å². The number of para-hydroxylation sites is 2. The number of ether oxygens (including phenoxy) is 1. The number of aliphatic hydroxyl groups excluding tert-OH is 1. The van der Waals surface area contributed by atoms with Crippen molar-refractivity contribution in [2.45, 2.75) is 54.7 Å². The third kappa shape index (κ3) is 4.85. The number of benzene rings is 2. The van der Waals surface area contributed by atoms with Crippen LogP contribution < -0.4 is 10.6 Å². The van der Waals surface area contributed by atoms with Gasteiger partial charge in [-0.15, -0.1) is 0 Å². The van der Waals surface area contributed by atoms with E-state index in [1.165, 1.54) is 0 Å². The van der Waals surface area contributed by atoms with E-state index < -0.39 is 29.6 Å². The monoisotopic (exact) mass is 603 g/mol. The predicted octanol–water partition coefficient (Wildman–Crippen LogP) is 4.22. The molecule has 6 atom stereocenters. The van der Waals surface area contributed by atoms with Gasteiger partial charge in [-0.1, -0.05) is 70.7 Å². The second-order valence-corrected chi connectivity index (χ2v) is 11.7. The number of aliphatic hydroxyl groups is 1. The summed E-state index contributed by atoms with van der Waals surface area (Å²) in [6.07, 6.45) is 2.90. The van der Waals surface area contributed by atoms with Gasteiger partial charge in [0, 0.05) is 23.7 Å². The number of likely N-dealkylation sites (tertiary alicyclic amines) is 1. The Morgan fingerprint density at radius 1 is 1.03 bits per heavy atom. The average Bonchev–Trinajstić information content (AvgIpc) is 3.49. The number of alkyl halides is 1. The van der Waals surface area contributed by atoms with Crippen molar-refractivity contribution < 1.29 is 24.2 Å². The SMILES string of the molecule is O=C(Nc1ccccc1Cl)C1N(CCCCCCO)C(=O)[C@@H]2[C@H](C(=O)Nc3ccccc3)[C@H]3OC12CC3Br. The van der Waals surface area contributed by atoms with Crippen LogP contribution >= 0.6 is 27.5 Å². The van der Waals surface area contributed by atoms with Crippen LogP contribution in [-0.2, 0) is 19.1 Å². The van der Waals surface area contributed by atoms with E-state index >= 15 is 0 Å². The van der Waals surface area contributed by atoms with E-state index in [1.807, 2.05) is 18.2 Å². The lowest BCUT2D eigenvalue weighted by Gasteiger charge is -2.34. The largest absolute Gasteiger partial charge is 0.396 e. The van der Waals surface area contributed by atoms with Gasteiger partial charge < -0.3 is 25.4 Å². The normalized spacial score (nSPS) is 29.4. The fraction of sp³-hybridized carbons (Fsp3) is 0.464. The molecule has 2 aromatic rings. The first-order valence-electron chi connectivity index (χ1n) is 13.0. The first kappa shape index (κ1) is 27.1. The second-order valence-electron chi connectivity index (χ2n) is 10.2. The summed E-state index contributed by atoms with van der Waals surface area (Å²) in [4.78, 5) is 42.8. The quantitative estimate of drug-likeness (QED) is 0.278. The maximum atomic E-state index is 14.0. The maximum absolute atomic E-state index is 14.0. The number of nitrogens with zero attached hydrogens (tertiary/aromatic N) is 1. The van der Waals surface area contributed by atoms with E-state index in [2.05, 4.69) is 26.6 Å². The molecule has 5 rings (SSSR count). The Hall–Kier alpha value is -2.46. The van der Waals surface area contributed by atoms with E-state index in [-0.39, 0.29) is 29.2 Å². The lowest BCUT2D eigenvalue weighted by Crippen LogP contribution is -2.54. The number of rotatable bonds is 10. The van der Waals surface area contributed by atoms with Gasteiger partial charge in [-0.05, 0) is 43.5 Å². The molecule has 2 aromatic carbocycles. The van der Waals surface area contributed by atoms with Crippen LogP contribution in [0.3, 0.4) is 0 Å². The molecule has 38 heavy (non-hydrogen) atoms. The molecule has 202 valence electrons. The predicted molar refractivity (Wildman–Crippen MR) is 148 cm³/mol. The molecule has 3 aliphatic rings. The van der Waals surface area contributed by atoms with E-state index in [0.29, 0.717) is 42.2 Å². The molecule has 3 fully saturated rings. The number of fused-ring (bicyclic) bond motifs is 1. The topological polar surface area (TPSA) is 108 Å². The molecule has 1 spiro atoms. The Kier molecular flexibility index (Phi) is 8.09. The highest BCUT2D eigenvalue weighted by Gasteiger charge is 2.76. The van der Waals surface area contributed by atoms with Gasteiger partial charge in [-0.2, -0.15) is 0 Å². The Morgan fingerprint density at radius 3 is 2.47 bits per heavy atom. The number of hydrogen-bond donors (Lipinski definition) is 3. The summed E-state index contributed by atoms with van der Waals surface area (Å²) < 4.78 is 6.52. The highest BCUT2D eigenvalue weighted by molar-refractivity contribution is 9.09. The molecule has 10 heteroatoms. The lowest BCUT2D eigenvalue weighted by molar-refractivity contribution is -0.139. The molecule has 3 amide bonds. The fourth-order valence-electron chi connectivity index (χ4n) is 6.23. The first-order chi connectivity index (χ1) is 18.4. The lowest BCUT2D eigenvalue weighted by atomic mass is 9.70. The molecule has 3 heterocycles. The zero-order chi connectivity index (χ0) is 26.9. The van der Waals surface area contributed by atoms with E-state index in [9.17, 15) is 14.4 Å². The summed E-state index contributed by atoms with van der Waals surface area (Å²) in [6.45, 7) is 0.480. The van der Waals surface area contributed by atoms with Gasteiger partial charge in [-0.25, -0.2) is 0 Å². The second kappa shape index (κ2) is 11.3. The Morgan fingerprint density at radius 2 is 1.74 bits per heavy atom. The number of carbonyl (C=O) groups excluding carboxylic acids is 3. The molecule has 0 aliphatic carbocycles. The summed E-state index contributed by atoms with van der Waals surface area (Å²) in [6, 6.07) is 15.1. The van der Waals surface area contributed by atoms with E-state index in [4.69, 9.17) is 21.4 Å². The minimum Gasteiger partial charge on any atom is -0.396 e. The smallest absolute Gasteiger partial charge is 0.250 e. The Bertz CT molecular complexity index is 1200. The van der Waals surface area contributed by atoms with Gasteiger partial charge in [0.2, 0.25) is 17.7 Å². The number of halogens is 2. The van der Waals surface area contributed by atoms with Crippen molar-refractivity contribution in [1.29, 1.82) is 0 Å². The fourth-order valence-corrected chi connectivity index (χ4v) is 7.35. The minimum absolute atomic E-state index is 0.122.